The van der Waals surface area contributed by atoms with E-state index in [1.807, 2.05) is 0 Å². The van der Waals surface area contributed by atoms with Gasteiger partial charge in [0.05, 0.1) is 19.8 Å². The van der Waals surface area contributed by atoms with Gasteiger partial charge >= 0.3 is 19.8 Å². The highest BCUT2D eigenvalue weighted by Crippen LogP contribution is 2.43. The Morgan fingerprint density at radius 2 is 1.16 bits per heavy atom. The molecule has 0 heterocycles. The number of aliphatic hydroxyl groups is 2. The molecule has 11 heteroatoms. The first-order chi connectivity index (χ1) is 17.7. The van der Waals surface area contributed by atoms with Gasteiger partial charge in [-0.3, -0.25) is 18.6 Å². The quantitative estimate of drug-likeness (QED) is 0.0739. The molecular formula is C26H51O10P. The first kappa shape index (κ1) is 36.0. The summed E-state index contributed by atoms with van der Waals surface area (Å²) in [6.07, 6.45) is 12.8. The van der Waals surface area contributed by atoms with E-state index < -0.39 is 51.8 Å². The molecule has 10 nitrogen and oxygen atoms in total. The summed E-state index contributed by atoms with van der Waals surface area (Å²) >= 11 is 0. The maximum absolute atomic E-state index is 12.3. The number of phosphoric acid groups is 1. The molecule has 0 saturated heterocycles. The Kier molecular flexibility index (Phi) is 23.4. The van der Waals surface area contributed by atoms with Crippen LogP contribution in [0.3, 0.4) is 0 Å². The molecule has 0 aromatic heterocycles. The standard InChI is InChI=1S/C26H51O10P/c1-3-5-7-9-11-13-15-17-25(29)33-21-24(22-35-37(31,32)34-20-23(28)19-27)36-26(30)18-16-14-12-10-8-6-4-2/h23-24,27-28H,3-22H2,1-2H3,(H,31,32)/t23-,24+/m0/s1. The summed E-state index contributed by atoms with van der Waals surface area (Å²) in [6.45, 7) is 2.22. The van der Waals surface area contributed by atoms with E-state index in [1.165, 1.54) is 38.5 Å². The van der Waals surface area contributed by atoms with Crippen LogP contribution in [0.1, 0.15) is 117 Å². The molecule has 0 rings (SSSR count). The molecular weight excluding hydrogens is 503 g/mol. The lowest BCUT2D eigenvalue weighted by Crippen LogP contribution is -2.29. The maximum Gasteiger partial charge on any atom is 0.472 e. The molecule has 1 unspecified atom stereocenters. The van der Waals surface area contributed by atoms with E-state index in [9.17, 15) is 24.2 Å². The Morgan fingerprint density at radius 3 is 1.68 bits per heavy atom. The molecule has 0 aliphatic rings. The fraction of sp³-hybridized carbons (Fsp3) is 0.923. The van der Waals surface area contributed by atoms with Crippen LogP contribution in [0, 0.1) is 0 Å². The minimum Gasteiger partial charge on any atom is -0.462 e. The van der Waals surface area contributed by atoms with Crippen LogP contribution >= 0.6 is 7.82 Å². The van der Waals surface area contributed by atoms with Crippen molar-refractivity contribution < 1.29 is 47.8 Å². The zero-order chi connectivity index (χ0) is 27.8. The van der Waals surface area contributed by atoms with Crippen LogP contribution in [0.2, 0.25) is 0 Å². The van der Waals surface area contributed by atoms with E-state index in [1.54, 1.807) is 0 Å². The van der Waals surface area contributed by atoms with E-state index in [0.717, 1.165) is 38.5 Å². The first-order valence-electron chi connectivity index (χ1n) is 14.0. The van der Waals surface area contributed by atoms with Gasteiger partial charge in [-0.05, 0) is 12.8 Å². The van der Waals surface area contributed by atoms with Gasteiger partial charge in [-0.15, -0.1) is 0 Å². The molecule has 3 N–H and O–H groups in total. The lowest BCUT2D eigenvalue weighted by Gasteiger charge is -2.20. The summed E-state index contributed by atoms with van der Waals surface area (Å²) in [5, 5.41) is 18.1. The number of carbonyl (C=O) groups is 2. The minimum absolute atomic E-state index is 0.187. The third-order valence-electron chi connectivity index (χ3n) is 5.76. The average molecular weight is 555 g/mol. The van der Waals surface area contributed by atoms with Gasteiger partial charge in [0.15, 0.2) is 6.10 Å². The number of rotatable bonds is 26. The van der Waals surface area contributed by atoms with Crippen molar-refractivity contribution in [3.63, 3.8) is 0 Å². The Morgan fingerprint density at radius 1 is 0.703 bits per heavy atom. The van der Waals surface area contributed by atoms with E-state index in [4.69, 9.17) is 19.1 Å². The predicted molar refractivity (Wildman–Crippen MR) is 141 cm³/mol. The third-order valence-corrected chi connectivity index (χ3v) is 6.71. The number of hydrogen-bond donors (Lipinski definition) is 3. The van der Waals surface area contributed by atoms with Gasteiger partial charge in [0.2, 0.25) is 0 Å². The number of hydrogen-bond acceptors (Lipinski definition) is 9. The van der Waals surface area contributed by atoms with Crippen molar-refractivity contribution >= 4 is 19.8 Å². The van der Waals surface area contributed by atoms with E-state index in [-0.39, 0.29) is 19.4 Å². The van der Waals surface area contributed by atoms with Crippen LogP contribution in [-0.4, -0.2) is 65.7 Å². The molecule has 0 fully saturated rings. The van der Waals surface area contributed by atoms with Crippen LogP contribution in [0.4, 0.5) is 0 Å². The van der Waals surface area contributed by atoms with Gasteiger partial charge < -0.3 is 24.6 Å². The summed E-state index contributed by atoms with van der Waals surface area (Å²) < 4.78 is 32.1. The second-order valence-corrected chi connectivity index (χ2v) is 10.9. The van der Waals surface area contributed by atoms with Crippen molar-refractivity contribution in [3.05, 3.63) is 0 Å². The van der Waals surface area contributed by atoms with Crippen molar-refractivity contribution in [3.8, 4) is 0 Å². The maximum atomic E-state index is 12.3. The molecule has 0 saturated carbocycles. The predicted octanol–water partition coefficient (Wildman–Crippen LogP) is 5.21. The zero-order valence-corrected chi connectivity index (χ0v) is 23.8. The van der Waals surface area contributed by atoms with E-state index in [0.29, 0.717) is 12.8 Å². The SMILES string of the molecule is CCCCCCCCCC(=O)OC[C@H](COP(=O)(O)OC[C@@H](O)CO)OC(=O)CCCCCCCCC. The van der Waals surface area contributed by atoms with Crippen molar-refractivity contribution in [2.45, 2.75) is 129 Å². The Labute approximate surface area is 223 Å². The molecule has 37 heavy (non-hydrogen) atoms. The molecule has 0 spiro atoms. The summed E-state index contributed by atoms with van der Waals surface area (Å²) in [6, 6.07) is 0. The number of esters is 2. The Bertz CT molecular complexity index is 616. The molecule has 0 aromatic carbocycles. The third kappa shape index (κ3) is 23.8. The molecule has 0 aliphatic heterocycles. The van der Waals surface area contributed by atoms with Gasteiger partial charge in [0.1, 0.15) is 12.7 Å². The highest BCUT2D eigenvalue weighted by Gasteiger charge is 2.27. The second-order valence-electron chi connectivity index (χ2n) is 9.43. The molecule has 0 radical (unpaired) electrons. The lowest BCUT2D eigenvalue weighted by molar-refractivity contribution is -0.161. The highest BCUT2D eigenvalue weighted by molar-refractivity contribution is 7.47. The average Bonchev–Trinajstić information content (AvgIpc) is 2.87. The summed E-state index contributed by atoms with van der Waals surface area (Å²) in [5.74, 6) is -0.939. The number of carbonyl (C=O) groups excluding carboxylic acids is 2. The summed E-state index contributed by atoms with van der Waals surface area (Å²) in [5.41, 5.74) is 0. The molecule has 0 bridgehead atoms. The zero-order valence-electron chi connectivity index (χ0n) is 22.9. The van der Waals surface area contributed by atoms with Gasteiger partial charge in [0.25, 0.3) is 0 Å². The van der Waals surface area contributed by atoms with Crippen molar-refractivity contribution in [1.29, 1.82) is 0 Å². The molecule has 0 amide bonds. The highest BCUT2D eigenvalue weighted by atomic mass is 31.2. The van der Waals surface area contributed by atoms with Gasteiger partial charge in [-0.2, -0.15) is 0 Å². The smallest absolute Gasteiger partial charge is 0.462 e. The Hall–Kier alpha value is -1.03. The first-order valence-corrected chi connectivity index (χ1v) is 15.5. The van der Waals surface area contributed by atoms with Gasteiger partial charge in [-0.25, -0.2) is 4.57 Å². The van der Waals surface area contributed by atoms with Gasteiger partial charge in [-0.1, -0.05) is 90.9 Å². The van der Waals surface area contributed by atoms with Gasteiger partial charge in [0, 0.05) is 12.8 Å². The summed E-state index contributed by atoms with van der Waals surface area (Å²) in [7, 11) is -4.58. The van der Waals surface area contributed by atoms with Crippen molar-refractivity contribution in [2.75, 3.05) is 26.4 Å². The van der Waals surface area contributed by atoms with Crippen LogP contribution in [0.5, 0.6) is 0 Å². The number of phosphoric ester groups is 1. The van der Waals surface area contributed by atoms with Crippen LogP contribution in [0.25, 0.3) is 0 Å². The number of unbranched alkanes of at least 4 members (excludes halogenated alkanes) is 12. The topological polar surface area (TPSA) is 149 Å². The van der Waals surface area contributed by atoms with E-state index in [2.05, 4.69) is 18.4 Å². The largest absolute Gasteiger partial charge is 0.472 e. The van der Waals surface area contributed by atoms with Crippen molar-refractivity contribution in [2.24, 2.45) is 0 Å². The van der Waals surface area contributed by atoms with Crippen LogP contribution < -0.4 is 0 Å². The molecule has 220 valence electrons. The summed E-state index contributed by atoms with van der Waals surface area (Å²) in [4.78, 5) is 34.2. The minimum atomic E-state index is -4.58. The molecule has 0 aromatic rings. The van der Waals surface area contributed by atoms with E-state index >= 15 is 0 Å². The number of aliphatic hydroxyl groups excluding tert-OH is 2. The number of ether oxygens (including phenoxy) is 2. The fourth-order valence-corrected chi connectivity index (χ4v) is 4.31. The normalized spacial score (nSPS) is 14.6. The molecule has 3 atom stereocenters. The monoisotopic (exact) mass is 554 g/mol. The Balaban J connectivity index is 4.54. The van der Waals surface area contributed by atoms with Crippen LogP contribution in [-0.2, 0) is 32.7 Å². The molecule has 0 aliphatic carbocycles. The van der Waals surface area contributed by atoms with Crippen LogP contribution in [0.15, 0.2) is 0 Å². The fourth-order valence-electron chi connectivity index (χ4n) is 3.52. The lowest BCUT2D eigenvalue weighted by atomic mass is 10.1. The second kappa shape index (κ2) is 24.0. The van der Waals surface area contributed by atoms with Crippen molar-refractivity contribution in [1.82, 2.24) is 0 Å².